The largest absolute Gasteiger partial charge is 0.350 e. The van der Waals surface area contributed by atoms with Gasteiger partial charge in [0.1, 0.15) is 0 Å². The van der Waals surface area contributed by atoms with Crippen molar-refractivity contribution in [2.45, 2.75) is 57.7 Å². The van der Waals surface area contributed by atoms with Crippen LogP contribution in [0.2, 0.25) is 0 Å². The SMILES string of the molecule is CC[C@@]1(C)CC(=O)N(Cc2cccc(C(=O)N[C@H]3CCc4ccccc43)c2)C(=N)N1. The van der Waals surface area contributed by atoms with Gasteiger partial charge in [0, 0.05) is 11.1 Å². The summed E-state index contributed by atoms with van der Waals surface area (Å²) in [6.45, 7) is 4.24. The molecule has 6 heteroatoms. The van der Waals surface area contributed by atoms with Crippen LogP contribution in [0, 0.1) is 5.41 Å². The number of carbonyl (C=O) groups is 2. The first-order valence-corrected chi connectivity index (χ1v) is 10.5. The number of nitrogens with zero attached hydrogens (tertiary/aromatic N) is 1. The molecule has 4 rings (SSSR count). The average Bonchev–Trinajstić information content (AvgIpc) is 3.14. The lowest BCUT2D eigenvalue weighted by Crippen LogP contribution is -2.60. The fourth-order valence-electron chi connectivity index (χ4n) is 4.27. The van der Waals surface area contributed by atoms with Crippen LogP contribution in [0.5, 0.6) is 0 Å². The zero-order chi connectivity index (χ0) is 21.3. The van der Waals surface area contributed by atoms with Crippen molar-refractivity contribution in [1.29, 1.82) is 5.41 Å². The Hall–Kier alpha value is -3.15. The van der Waals surface area contributed by atoms with Crippen LogP contribution in [-0.2, 0) is 17.8 Å². The zero-order valence-corrected chi connectivity index (χ0v) is 17.5. The summed E-state index contributed by atoms with van der Waals surface area (Å²) in [5, 5.41) is 14.5. The Labute approximate surface area is 177 Å². The molecule has 0 unspecified atom stereocenters. The fraction of sp³-hybridized carbons (Fsp3) is 0.375. The molecular weight excluding hydrogens is 376 g/mol. The number of amides is 2. The highest BCUT2D eigenvalue weighted by Crippen LogP contribution is 2.31. The molecule has 2 atom stereocenters. The molecule has 2 aliphatic rings. The number of fused-ring (bicyclic) bond motifs is 1. The van der Waals surface area contributed by atoms with Crippen molar-refractivity contribution in [2.24, 2.45) is 0 Å². The Morgan fingerprint density at radius 3 is 2.83 bits per heavy atom. The molecule has 1 aliphatic heterocycles. The lowest BCUT2D eigenvalue weighted by Gasteiger charge is -2.40. The molecular formula is C24H28N4O2. The van der Waals surface area contributed by atoms with E-state index in [1.54, 1.807) is 6.07 Å². The smallest absolute Gasteiger partial charge is 0.251 e. The number of benzene rings is 2. The van der Waals surface area contributed by atoms with Crippen molar-refractivity contribution in [2.75, 3.05) is 0 Å². The topological polar surface area (TPSA) is 85.3 Å². The van der Waals surface area contributed by atoms with E-state index in [9.17, 15) is 9.59 Å². The van der Waals surface area contributed by atoms with Crippen LogP contribution in [0.1, 0.15) is 66.2 Å². The second-order valence-corrected chi connectivity index (χ2v) is 8.51. The van der Waals surface area contributed by atoms with E-state index in [2.05, 4.69) is 22.8 Å². The van der Waals surface area contributed by atoms with Gasteiger partial charge in [0.2, 0.25) is 5.91 Å². The summed E-state index contributed by atoms with van der Waals surface area (Å²) in [6.07, 6.45) is 3.01. The van der Waals surface area contributed by atoms with Gasteiger partial charge in [-0.15, -0.1) is 0 Å². The minimum atomic E-state index is -0.371. The third kappa shape index (κ3) is 3.95. The second kappa shape index (κ2) is 7.94. The minimum Gasteiger partial charge on any atom is -0.350 e. The van der Waals surface area contributed by atoms with Crippen molar-refractivity contribution < 1.29 is 9.59 Å². The van der Waals surface area contributed by atoms with Crippen molar-refractivity contribution in [1.82, 2.24) is 15.5 Å². The van der Waals surface area contributed by atoms with E-state index in [1.165, 1.54) is 16.0 Å². The van der Waals surface area contributed by atoms with E-state index < -0.39 is 0 Å². The highest BCUT2D eigenvalue weighted by Gasteiger charge is 2.36. The van der Waals surface area contributed by atoms with Gasteiger partial charge in [0.05, 0.1) is 19.0 Å². The van der Waals surface area contributed by atoms with Crippen LogP contribution in [-0.4, -0.2) is 28.2 Å². The standard InChI is InChI=1S/C24H28N4O2/c1-3-24(2)14-21(29)28(23(25)27-24)15-16-7-6-9-18(13-16)22(30)26-20-12-11-17-8-4-5-10-19(17)20/h4-10,13,20H,3,11-12,14-15H2,1-2H3,(H2,25,27)(H,26,30)/t20-,24-/m0/s1. The molecule has 2 aromatic carbocycles. The first-order valence-electron chi connectivity index (χ1n) is 10.5. The molecule has 1 saturated heterocycles. The predicted octanol–water partition coefficient (Wildman–Crippen LogP) is 3.53. The summed E-state index contributed by atoms with van der Waals surface area (Å²) in [5.41, 5.74) is 3.52. The third-order valence-corrected chi connectivity index (χ3v) is 6.28. The van der Waals surface area contributed by atoms with Gasteiger partial charge in [-0.05, 0) is 55.0 Å². The number of rotatable bonds is 5. The average molecular weight is 405 g/mol. The number of nitrogens with one attached hydrogen (secondary N) is 3. The maximum Gasteiger partial charge on any atom is 0.251 e. The van der Waals surface area contributed by atoms with Crippen molar-refractivity contribution >= 4 is 17.8 Å². The zero-order valence-electron chi connectivity index (χ0n) is 17.5. The lowest BCUT2D eigenvalue weighted by atomic mass is 9.92. The molecule has 2 aromatic rings. The van der Waals surface area contributed by atoms with Crippen LogP contribution >= 0.6 is 0 Å². The molecule has 6 nitrogen and oxygen atoms in total. The van der Waals surface area contributed by atoms with Gasteiger partial charge < -0.3 is 10.6 Å². The molecule has 156 valence electrons. The monoisotopic (exact) mass is 404 g/mol. The third-order valence-electron chi connectivity index (χ3n) is 6.28. The molecule has 0 bridgehead atoms. The Morgan fingerprint density at radius 2 is 2.07 bits per heavy atom. The maximum atomic E-state index is 12.9. The quantitative estimate of drug-likeness (QED) is 0.713. The molecule has 1 aliphatic carbocycles. The number of aryl methyl sites for hydroxylation is 1. The number of hydrogen-bond acceptors (Lipinski definition) is 3. The fourth-order valence-corrected chi connectivity index (χ4v) is 4.27. The molecule has 0 aromatic heterocycles. The van der Waals surface area contributed by atoms with Gasteiger partial charge in [-0.25, -0.2) is 0 Å². The summed E-state index contributed by atoms with van der Waals surface area (Å²) in [5.74, 6) is -0.0659. The normalized spacial score (nSPS) is 23.1. The Kier molecular flexibility index (Phi) is 5.33. The predicted molar refractivity (Wildman–Crippen MR) is 116 cm³/mol. The van der Waals surface area contributed by atoms with Crippen LogP contribution in [0.15, 0.2) is 48.5 Å². The molecule has 30 heavy (non-hydrogen) atoms. The first kappa shape index (κ1) is 20.1. The number of carbonyl (C=O) groups excluding carboxylic acids is 2. The van der Waals surface area contributed by atoms with Gasteiger partial charge in [-0.1, -0.05) is 43.3 Å². The van der Waals surface area contributed by atoms with E-state index in [4.69, 9.17) is 5.41 Å². The Balaban J connectivity index is 1.45. The molecule has 0 radical (unpaired) electrons. The van der Waals surface area contributed by atoms with E-state index in [0.29, 0.717) is 12.0 Å². The highest BCUT2D eigenvalue weighted by atomic mass is 16.2. The van der Waals surface area contributed by atoms with Crippen molar-refractivity contribution in [3.8, 4) is 0 Å². The van der Waals surface area contributed by atoms with E-state index in [0.717, 1.165) is 24.8 Å². The van der Waals surface area contributed by atoms with Crippen LogP contribution < -0.4 is 10.6 Å². The van der Waals surface area contributed by atoms with Crippen molar-refractivity contribution in [3.63, 3.8) is 0 Å². The summed E-state index contributed by atoms with van der Waals surface area (Å²) < 4.78 is 0. The molecule has 1 heterocycles. The van der Waals surface area contributed by atoms with Gasteiger partial charge in [0.15, 0.2) is 5.96 Å². The summed E-state index contributed by atoms with van der Waals surface area (Å²) in [7, 11) is 0. The molecule has 2 amide bonds. The van der Waals surface area contributed by atoms with Crippen molar-refractivity contribution in [3.05, 3.63) is 70.8 Å². The summed E-state index contributed by atoms with van der Waals surface area (Å²) in [6, 6.07) is 15.6. The summed E-state index contributed by atoms with van der Waals surface area (Å²) in [4.78, 5) is 26.9. The summed E-state index contributed by atoms with van der Waals surface area (Å²) >= 11 is 0. The van der Waals surface area contributed by atoms with E-state index >= 15 is 0 Å². The molecule has 0 saturated carbocycles. The van der Waals surface area contributed by atoms with Crippen LogP contribution in [0.4, 0.5) is 0 Å². The highest BCUT2D eigenvalue weighted by molar-refractivity contribution is 5.99. The van der Waals surface area contributed by atoms with Gasteiger partial charge in [0.25, 0.3) is 5.91 Å². The van der Waals surface area contributed by atoms with Crippen LogP contribution in [0.3, 0.4) is 0 Å². The lowest BCUT2D eigenvalue weighted by molar-refractivity contribution is -0.130. The second-order valence-electron chi connectivity index (χ2n) is 8.51. The van der Waals surface area contributed by atoms with Gasteiger partial charge >= 0.3 is 0 Å². The molecule has 1 fully saturated rings. The van der Waals surface area contributed by atoms with Crippen LogP contribution in [0.25, 0.3) is 0 Å². The Morgan fingerprint density at radius 1 is 1.27 bits per heavy atom. The maximum absolute atomic E-state index is 12.9. The van der Waals surface area contributed by atoms with E-state index in [1.807, 2.05) is 44.2 Å². The molecule has 3 N–H and O–H groups in total. The minimum absolute atomic E-state index is 0.0325. The van der Waals surface area contributed by atoms with Gasteiger partial charge in [-0.3, -0.25) is 19.9 Å². The first-order chi connectivity index (χ1) is 14.4. The number of hydrogen-bond donors (Lipinski definition) is 3. The molecule has 0 spiro atoms. The Bertz CT molecular complexity index is 982. The number of guanidine groups is 1. The van der Waals surface area contributed by atoms with E-state index in [-0.39, 0.29) is 35.9 Å². The van der Waals surface area contributed by atoms with Gasteiger partial charge in [-0.2, -0.15) is 0 Å².